The maximum Gasteiger partial charge on any atom is 0.314 e. The third-order valence-corrected chi connectivity index (χ3v) is 1.92. The molecule has 9 heteroatoms. The molecule has 3 heterocycles. The Morgan fingerprint density at radius 1 is 1.27 bits per heavy atom. The van der Waals surface area contributed by atoms with Gasteiger partial charge in [0.05, 0.1) is 12.4 Å². The Hall–Kier alpha value is -2.45. The van der Waals surface area contributed by atoms with Gasteiger partial charge in [-0.2, -0.15) is 0 Å². The summed E-state index contributed by atoms with van der Waals surface area (Å²) < 4.78 is 5.14. The van der Waals surface area contributed by atoms with Gasteiger partial charge in [0.2, 0.25) is 0 Å². The average molecular weight is 204 g/mol. The van der Waals surface area contributed by atoms with Crippen LogP contribution in [0, 0.1) is 0 Å². The lowest BCUT2D eigenvalue weighted by atomic mass is 10.1. The Kier molecular flexibility index (Phi) is 1.46. The molecule has 9 nitrogen and oxygen atoms in total. The number of H-pyrrole nitrogens is 1. The fourth-order valence-corrected chi connectivity index (χ4v) is 1.25. The first-order chi connectivity index (χ1) is 7.42. The van der Waals surface area contributed by atoms with Crippen LogP contribution in [-0.2, 0) is 5.66 Å². The maximum absolute atomic E-state index is 5.14. The highest BCUT2D eigenvalue weighted by Gasteiger charge is 2.45. The van der Waals surface area contributed by atoms with Gasteiger partial charge >= 0.3 is 5.66 Å². The van der Waals surface area contributed by atoms with Crippen molar-refractivity contribution >= 4 is 0 Å². The SMILES string of the molecule is c1coc(C2(c3c[nH]nn3)N=NN=N2)n1. The first-order valence-corrected chi connectivity index (χ1v) is 4.03. The summed E-state index contributed by atoms with van der Waals surface area (Å²) >= 11 is 0. The summed E-state index contributed by atoms with van der Waals surface area (Å²) in [6, 6.07) is 0. The first-order valence-electron chi connectivity index (χ1n) is 4.03. The largest absolute Gasteiger partial charge is 0.444 e. The van der Waals surface area contributed by atoms with Gasteiger partial charge in [0, 0.05) is 0 Å². The minimum Gasteiger partial charge on any atom is -0.444 e. The molecule has 2 aromatic rings. The van der Waals surface area contributed by atoms with Gasteiger partial charge in [0.1, 0.15) is 12.0 Å². The highest BCUT2D eigenvalue weighted by atomic mass is 16.3. The molecule has 0 atom stereocenters. The maximum atomic E-state index is 5.14. The summed E-state index contributed by atoms with van der Waals surface area (Å²) in [6.07, 6.45) is 4.44. The number of nitrogens with one attached hydrogen (secondary N) is 1. The van der Waals surface area contributed by atoms with Crippen LogP contribution in [0.25, 0.3) is 0 Å². The van der Waals surface area contributed by atoms with Crippen molar-refractivity contribution in [2.45, 2.75) is 5.66 Å². The van der Waals surface area contributed by atoms with Gasteiger partial charge in [-0.15, -0.1) is 15.3 Å². The molecule has 2 aromatic heterocycles. The van der Waals surface area contributed by atoms with Crippen LogP contribution in [0.3, 0.4) is 0 Å². The normalized spacial score (nSPS) is 17.3. The Bertz CT molecular complexity index is 449. The molecule has 0 aliphatic carbocycles. The number of rotatable bonds is 2. The number of nitrogens with zero attached hydrogens (tertiary/aromatic N) is 7. The Morgan fingerprint density at radius 3 is 2.73 bits per heavy atom. The second-order valence-corrected chi connectivity index (χ2v) is 2.75. The van der Waals surface area contributed by atoms with Crippen LogP contribution in [-0.4, -0.2) is 20.4 Å². The van der Waals surface area contributed by atoms with E-state index in [4.69, 9.17) is 4.42 Å². The molecule has 1 N–H and O–H groups in total. The van der Waals surface area contributed by atoms with E-state index in [1.54, 1.807) is 0 Å². The number of aromatic amines is 1. The Morgan fingerprint density at radius 2 is 2.13 bits per heavy atom. The number of aromatic nitrogens is 4. The van der Waals surface area contributed by atoms with Crippen LogP contribution in [0.15, 0.2) is 43.7 Å². The van der Waals surface area contributed by atoms with Crippen LogP contribution in [0.1, 0.15) is 11.6 Å². The molecule has 3 rings (SSSR count). The second-order valence-electron chi connectivity index (χ2n) is 2.75. The van der Waals surface area contributed by atoms with Crippen LogP contribution < -0.4 is 0 Å². The second kappa shape index (κ2) is 2.77. The smallest absolute Gasteiger partial charge is 0.314 e. The zero-order chi connectivity index (χ0) is 10.1. The summed E-state index contributed by atoms with van der Waals surface area (Å²) in [5, 5.41) is 24.6. The molecular weight excluding hydrogens is 200 g/mol. The van der Waals surface area contributed by atoms with E-state index in [1.165, 1.54) is 18.7 Å². The minimum atomic E-state index is -1.23. The molecule has 74 valence electrons. The molecule has 0 spiro atoms. The fourth-order valence-electron chi connectivity index (χ4n) is 1.25. The summed E-state index contributed by atoms with van der Waals surface area (Å²) in [6.45, 7) is 0. The Balaban J connectivity index is 2.20. The summed E-state index contributed by atoms with van der Waals surface area (Å²) in [5.41, 5.74) is -0.800. The van der Waals surface area contributed by atoms with Gasteiger partial charge in [-0.1, -0.05) is 5.21 Å². The fraction of sp³-hybridized carbons (Fsp3) is 0.167. The zero-order valence-electron chi connectivity index (χ0n) is 7.27. The lowest BCUT2D eigenvalue weighted by Crippen LogP contribution is -2.21. The summed E-state index contributed by atoms with van der Waals surface area (Å²) in [5.74, 6) is 0.251. The highest BCUT2D eigenvalue weighted by Crippen LogP contribution is 2.36. The van der Waals surface area contributed by atoms with E-state index < -0.39 is 5.66 Å². The molecular formula is C6H4N8O. The predicted octanol–water partition coefficient (Wildman–Crippen LogP) is 0.827. The van der Waals surface area contributed by atoms with Gasteiger partial charge in [0.15, 0.2) is 0 Å². The van der Waals surface area contributed by atoms with Gasteiger partial charge in [-0.05, 0) is 10.4 Å². The van der Waals surface area contributed by atoms with Gasteiger partial charge in [-0.3, -0.25) is 5.10 Å². The van der Waals surface area contributed by atoms with E-state index in [2.05, 4.69) is 41.1 Å². The van der Waals surface area contributed by atoms with Crippen LogP contribution >= 0.6 is 0 Å². The standard InChI is InChI=1S/C6H4N8O/c1-2-15-5(7-1)6(10-13-14-11-6)4-3-8-12-9-4/h1-3H,(H,8,9,12). The molecule has 0 aromatic carbocycles. The van der Waals surface area contributed by atoms with Crippen molar-refractivity contribution in [1.29, 1.82) is 0 Å². The lowest BCUT2D eigenvalue weighted by molar-refractivity contribution is 0.379. The van der Waals surface area contributed by atoms with E-state index in [9.17, 15) is 0 Å². The number of hydrogen-bond acceptors (Lipinski definition) is 8. The summed E-state index contributed by atoms with van der Waals surface area (Å²) in [4.78, 5) is 3.97. The van der Waals surface area contributed by atoms with Crippen molar-refractivity contribution in [2.75, 3.05) is 0 Å². The first kappa shape index (κ1) is 7.91. The zero-order valence-corrected chi connectivity index (χ0v) is 7.27. The van der Waals surface area contributed by atoms with Crippen LogP contribution in [0.4, 0.5) is 0 Å². The van der Waals surface area contributed by atoms with E-state index in [0.717, 1.165) is 0 Å². The van der Waals surface area contributed by atoms with Gasteiger partial charge in [-0.25, -0.2) is 4.98 Å². The van der Waals surface area contributed by atoms with Crippen molar-refractivity contribution in [3.05, 3.63) is 30.2 Å². The summed E-state index contributed by atoms with van der Waals surface area (Å²) in [7, 11) is 0. The van der Waals surface area contributed by atoms with E-state index in [1.807, 2.05) is 0 Å². The molecule has 0 saturated carbocycles. The topological polar surface area (TPSA) is 117 Å². The molecule has 0 unspecified atom stereocenters. The molecule has 0 radical (unpaired) electrons. The lowest BCUT2D eigenvalue weighted by Gasteiger charge is -2.10. The molecule has 0 bridgehead atoms. The van der Waals surface area contributed by atoms with Gasteiger partial charge in [0.25, 0.3) is 5.89 Å². The van der Waals surface area contributed by atoms with Crippen molar-refractivity contribution in [3.8, 4) is 0 Å². The van der Waals surface area contributed by atoms with Crippen molar-refractivity contribution < 1.29 is 4.42 Å². The molecule has 15 heavy (non-hydrogen) atoms. The minimum absolute atomic E-state index is 0.251. The number of hydrogen-bond donors (Lipinski definition) is 1. The molecule has 0 amide bonds. The Labute approximate surface area is 82.3 Å². The molecule has 1 aliphatic heterocycles. The van der Waals surface area contributed by atoms with E-state index >= 15 is 0 Å². The average Bonchev–Trinajstić information content (AvgIpc) is 3.02. The van der Waals surface area contributed by atoms with E-state index in [0.29, 0.717) is 5.69 Å². The third kappa shape index (κ3) is 0.994. The van der Waals surface area contributed by atoms with Crippen LogP contribution in [0.2, 0.25) is 0 Å². The quantitative estimate of drug-likeness (QED) is 0.779. The predicted molar refractivity (Wildman–Crippen MR) is 43.4 cm³/mol. The van der Waals surface area contributed by atoms with Gasteiger partial charge < -0.3 is 4.42 Å². The van der Waals surface area contributed by atoms with Crippen molar-refractivity contribution in [3.63, 3.8) is 0 Å². The third-order valence-electron chi connectivity index (χ3n) is 1.92. The molecule has 0 fully saturated rings. The van der Waals surface area contributed by atoms with Crippen molar-refractivity contribution in [1.82, 2.24) is 20.4 Å². The molecule has 0 saturated heterocycles. The monoisotopic (exact) mass is 204 g/mol. The van der Waals surface area contributed by atoms with Crippen LogP contribution in [0.5, 0.6) is 0 Å². The van der Waals surface area contributed by atoms with E-state index in [-0.39, 0.29) is 5.89 Å². The molecule has 1 aliphatic rings. The van der Waals surface area contributed by atoms with Crippen molar-refractivity contribution in [2.24, 2.45) is 20.7 Å². The highest BCUT2D eigenvalue weighted by molar-refractivity contribution is 5.20. The number of oxazole rings is 1.